The molecule has 4 nitrogen and oxygen atoms in total. The van der Waals surface area contributed by atoms with Crippen molar-refractivity contribution in [1.29, 1.82) is 0 Å². The SMILES string of the molecule is O=C=NC(c1ccc(O)cc1)C1CCNCC1. The minimum atomic E-state index is -0.129. The Balaban J connectivity index is 2.21. The minimum Gasteiger partial charge on any atom is -0.508 e. The Morgan fingerprint density at radius 1 is 1.29 bits per heavy atom. The summed E-state index contributed by atoms with van der Waals surface area (Å²) in [5, 5.41) is 12.6. The van der Waals surface area contributed by atoms with Gasteiger partial charge in [0.05, 0.1) is 6.04 Å². The average molecular weight is 232 g/mol. The van der Waals surface area contributed by atoms with Crippen LogP contribution in [0.1, 0.15) is 24.4 Å². The van der Waals surface area contributed by atoms with Crippen LogP contribution < -0.4 is 5.32 Å². The Morgan fingerprint density at radius 2 is 1.94 bits per heavy atom. The molecule has 1 aliphatic rings. The lowest BCUT2D eigenvalue weighted by molar-refractivity contribution is 0.322. The molecule has 1 aromatic rings. The molecule has 1 aliphatic heterocycles. The molecule has 0 saturated carbocycles. The molecule has 0 aromatic heterocycles. The highest BCUT2D eigenvalue weighted by atomic mass is 16.3. The van der Waals surface area contributed by atoms with Crippen LogP contribution in [0.4, 0.5) is 0 Å². The molecule has 0 radical (unpaired) electrons. The molecule has 4 heteroatoms. The van der Waals surface area contributed by atoms with Gasteiger partial charge >= 0.3 is 0 Å². The molecule has 2 N–H and O–H groups in total. The zero-order valence-corrected chi connectivity index (χ0v) is 9.60. The van der Waals surface area contributed by atoms with Crippen molar-refractivity contribution in [3.05, 3.63) is 29.8 Å². The van der Waals surface area contributed by atoms with Gasteiger partial charge in [-0.1, -0.05) is 12.1 Å². The van der Waals surface area contributed by atoms with Gasteiger partial charge in [0, 0.05) is 0 Å². The molecule has 17 heavy (non-hydrogen) atoms. The quantitative estimate of drug-likeness (QED) is 0.616. The van der Waals surface area contributed by atoms with Crippen LogP contribution in [-0.4, -0.2) is 24.3 Å². The van der Waals surface area contributed by atoms with Crippen LogP contribution in [0.25, 0.3) is 0 Å². The lowest BCUT2D eigenvalue weighted by Crippen LogP contribution is -2.30. The van der Waals surface area contributed by atoms with E-state index in [1.54, 1.807) is 18.2 Å². The number of aromatic hydroxyl groups is 1. The number of piperidine rings is 1. The smallest absolute Gasteiger partial charge is 0.235 e. The monoisotopic (exact) mass is 232 g/mol. The zero-order valence-electron chi connectivity index (χ0n) is 9.60. The van der Waals surface area contributed by atoms with Gasteiger partial charge in [-0.25, -0.2) is 4.79 Å². The van der Waals surface area contributed by atoms with E-state index in [1.807, 2.05) is 12.1 Å². The van der Waals surface area contributed by atoms with Crippen LogP contribution in [0.3, 0.4) is 0 Å². The standard InChI is InChI=1S/C13H16N2O2/c16-9-15-13(11-5-7-14-8-6-11)10-1-3-12(17)4-2-10/h1-4,11,13-14,17H,5-8H2. The number of hydrogen-bond donors (Lipinski definition) is 2. The summed E-state index contributed by atoms with van der Waals surface area (Å²) in [6.45, 7) is 1.93. The van der Waals surface area contributed by atoms with Gasteiger partial charge in [0.15, 0.2) is 0 Å². The molecule has 0 bridgehead atoms. The van der Waals surface area contributed by atoms with Crippen molar-refractivity contribution >= 4 is 6.08 Å². The number of phenols is 1. The molecule has 90 valence electrons. The number of nitrogens with one attached hydrogen (secondary N) is 1. The van der Waals surface area contributed by atoms with Crippen LogP contribution >= 0.6 is 0 Å². The molecule has 0 amide bonds. The van der Waals surface area contributed by atoms with Crippen molar-refractivity contribution in [2.45, 2.75) is 18.9 Å². The maximum atomic E-state index is 10.5. The first-order chi connectivity index (χ1) is 8.31. The third-order valence-corrected chi connectivity index (χ3v) is 3.26. The Bertz CT molecular complexity index is 404. The van der Waals surface area contributed by atoms with Crippen molar-refractivity contribution in [2.75, 3.05) is 13.1 Å². The first-order valence-corrected chi connectivity index (χ1v) is 5.88. The molecule has 0 aliphatic carbocycles. The van der Waals surface area contributed by atoms with Gasteiger partial charge < -0.3 is 10.4 Å². The molecular formula is C13H16N2O2. The van der Waals surface area contributed by atoms with E-state index in [0.717, 1.165) is 31.5 Å². The van der Waals surface area contributed by atoms with E-state index in [0.29, 0.717) is 5.92 Å². The number of aliphatic imine (C=N–C) groups is 1. The minimum absolute atomic E-state index is 0.129. The van der Waals surface area contributed by atoms with Crippen molar-refractivity contribution < 1.29 is 9.90 Å². The summed E-state index contributed by atoms with van der Waals surface area (Å²) >= 11 is 0. The first-order valence-electron chi connectivity index (χ1n) is 5.88. The van der Waals surface area contributed by atoms with Gasteiger partial charge in [0.1, 0.15) is 5.75 Å². The number of hydrogen-bond acceptors (Lipinski definition) is 4. The van der Waals surface area contributed by atoms with E-state index in [4.69, 9.17) is 0 Å². The number of isocyanates is 1. The summed E-state index contributed by atoms with van der Waals surface area (Å²) in [5.41, 5.74) is 0.970. The molecule has 1 fully saturated rings. The third-order valence-electron chi connectivity index (χ3n) is 3.26. The van der Waals surface area contributed by atoms with Crippen molar-refractivity contribution in [2.24, 2.45) is 10.9 Å². The van der Waals surface area contributed by atoms with Crippen LogP contribution in [0.15, 0.2) is 29.3 Å². The Hall–Kier alpha value is -1.64. The maximum absolute atomic E-state index is 10.5. The highest BCUT2D eigenvalue weighted by Gasteiger charge is 2.24. The number of nitrogens with zero attached hydrogens (tertiary/aromatic N) is 1. The second-order valence-electron chi connectivity index (χ2n) is 4.34. The Labute approximate surface area is 100 Å². The Kier molecular flexibility index (Phi) is 3.91. The molecule has 0 spiro atoms. The van der Waals surface area contributed by atoms with Gasteiger partial charge in [-0.05, 0) is 49.5 Å². The highest BCUT2D eigenvalue weighted by Crippen LogP contribution is 2.32. The molecule has 1 heterocycles. The number of phenolic OH excluding ortho intramolecular Hbond substituents is 1. The normalized spacial score (nSPS) is 18.4. The van der Waals surface area contributed by atoms with E-state index in [1.165, 1.54) is 0 Å². The summed E-state index contributed by atoms with van der Waals surface area (Å²) in [4.78, 5) is 14.5. The van der Waals surface area contributed by atoms with Crippen LogP contribution in [0.5, 0.6) is 5.75 Å². The first kappa shape index (κ1) is 11.8. The van der Waals surface area contributed by atoms with Gasteiger partial charge in [0.2, 0.25) is 6.08 Å². The van der Waals surface area contributed by atoms with E-state index >= 15 is 0 Å². The second kappa shape index (κ2) is 5.62. The highest BCUT2D eigenvalue weighted by molar-refractivity contribution is 5.37. The van der Waals surface area contributed by atoms with Gasteiger partial charge in [-0.2, -0.15) is 4.99 Å². The Morgan fingerprint density at radius 3 is 2.53 bits per heavy atom. The van der Waals surface area contributed by atoms with Crippen LogP contribution in [0.2, 0.25) is 0 Å². The fourth-order valence-corrected chi connectivity index (χ4v) is 2.34. The largest absolute Gasteiger partial charge is 0.508 e. The lowest BCUT2D eigenvalue weighted by Gasteiger charge is -2.27. The summed E-state index contributed by atoms with van der Waals surface area (Å²) < 4.78 is 0. The fraction of sp³-hybridized carbons (Fsp3) is 0.462. The topological polar surface area (TPSA) is 61.7 Å². The van der Waals surface area contributed by atoms with Gasteiger partial charge in [0.25, 0.3) is 0 Å². The summed E-state index contributed by atoms with van der Waals surface area (Å²) in [7, 11) is 0. The summed E-state index contributed by atoms with van der Waals surface area (Å²) in [6.07, 6.45) is 3.69. The van der Waals surface area contributed by atoms with E-state index in [2.05, 4.69) is 10.3 Å². The number of rotatable bonds is 3. The summed E-state index contributed by atoms with van der Waals surface area (Å²) in [5.74, 6) is 0.607. The molecule has 1 aromatic carbocycles. The van der Waals surface area contributed by atoms with Crippen LogP contribution in [0, 0.1) is 5.92 Å². The predicted octanol–water partition coefficient (Wildman–Crippen LogP) is 1.77. The van der Waals surface area contributed by atoms with Crippen molar-refractivity contribution in [3.63, 3.8) is 0 Å². The molecule has 2 rings (SSSR count). The van der Waals surface area contributed by atoms with Gasteiger partial charge in [-0.3, -0.25) is 0 Å². The maximum Gasteiger partial charge on any atom is 0.235 e. The van der Waals surface area contributed by atoms with E-state index < -0.39 is 0 Å². The lowest BCUT2D eigenvalue weighted by atomic mass is 9.86. The number of carbonyl (C=O) groups excluding carboxylic acids is 1. The van der Waals surface area contributed by atoms with E-state index in [-0.39, 0.29) is 11.8 Å². The molecular weight excluding hydrogens is 216 g/mol. The fourth-order valence-electron chi connectivity index (χ4n) is 2.34. The van der Waals surface area contributed by atoms with Crippen molar-refractivity contribution in [1.82, 2.24) is 5.32 Å². The molecule has 1 saturated heterocycles. The summed E-state index contributed by atoms with van der Waals surface area (Å²) in [6, 6.07) is 6.77. The average Bonchev–Trinajstić information content (AvgIpc) is 2.38. The third kappa shape index (κ3) is 2.93. The number of benzene rings is 1. The molecule has 1 atom stereocenters. The van der Waals surface area contributed by atoms with Crippen LogP contribution in [-0.2, 0) is 4.79 Å². The van der Waals surface area contributed by atoms with E-state index in [9.17, 15) is 9.90 Å². The zero-order chi connectivity index (χ0) is 12.1. The second-order valence-corrected chi connectivity index (χ2v) is 4.34. The van der Waals surface area contributed by atoms with Gasteiger partial charge in [-0.15, -0.1) is 0 Å². The van der Waals surface area contributed by atoms with Crippen molar-refractivity contribution in [3.8, 4) is 5.75 Å². The predicted molar refractivity (Wildman–Crippen MR) is 64.6 cm³/mol. The molecule has 1 unspecified atom stereocenters.